The first-order valence-corrected chi connectivity index (χ1v) is 8.26. The number of benzene rings is 1. The van der Waals surface area contributed by atoms with Crippen LogP contribution in [0.4, 0.5) is 10.5 Å². The summed E-state index contributed by atoms with van der Waals surface area (Å²) in [5.74, 6) is -0.893. The molecule has 2 aromatic rings. The number of urea groups is 1. The van der Waals surface area contributed by atoms with Crippen molar-refractivity contribution in [1.82, 2.24) is 20.8 Å². The van der Waals surface area contributed by atoms with Gasteiger partial charge in [0.1, 0.15) is 11.6 Å². The first kappa shape index (κ1) is 18.3. The van der Waals surface area contributed by atoms with Crippen LogP contribution in [0.5, 0.6) is 0 Å². The van der Waals surface area contributed by atoms with Crippen LogP contribution < -0.4 is 16.0 Å². The normalized spacial score (nSPS) is 9.96. The second-order valence-corrected chi connectivity index (χ2v) is 5.72. The van der Waals surface area contributed by atoms with Crippen LogP contribution in [0.3, 0.4) is 0 Å². The molecule has 3 N–H and O–H groups in total. The highest BCUT2D eigenvalue weighted by molar-refractivity contribution is 7.13. The fourth-order valence-corrected chi connectivity index (χ4v) is 2.38. The highest BCUT2D eigenvalue weighted by atomic mass is 32.1. The zero-order valence-corrected chi connectivity index (χ0v) is 14.3. The van der Waals surface area contributed by atoms with Gasteiger partial charge >= 0.3 is 12.0 Å². The van der Waals surface area contributed by atoms with Crippen molar-refractivity contribution in [3.8, 4) is 0 Å². The third-order valence-corrected chi connectivity index (χ3v) is 3.71. The molecule has 0 saturated heterocycles. The molecule has 1 aromatic carbocycles. The number of hydrogen-bond donors (Lipinski definition) is 3. The Morgan fingerprint density at radius 3 is 2.60 bits per heavy atom. The lowest BCUT2D eigenvalue weighted by molar-refractivity contribution is -0.141. The van der Waals surface area contributed by atoms with Gasteiger partial charge in [-0.3, -0.25) is 9.59 Å². The van der Waals surface area contributed by atoms with Gasteiger partial charge in [0.05, 0.1) is 13.2 Å². The van der Waals surface area contributed by atoms with Crippen molar-refractivity contribution >= 4 is 34.9 Å². The topological polar surface area (TPSA) is 122 Å². The SMILES string of the molecule is CCOC(=O)CNC(=O)NCc1nnc(C(=O)Nc2ccccc2)s1. The molecule has 0 bridgehead atoms. The third kappa shape index (κ3) is 6.18. The maximum Gasteiger partial charge on any atom is 0.325 e. The molecule has 3 amide bonds. The standard InChI is InChI=1S/C15H17N5O4S/c1-2-24-12(21)9-17-15(23)16-8-11-19-20-14(25-11)13(22)18-10-6-4-3-5-7-10/h3-7H,2,8-9H2,1H3,(H,18,22)(H2,16,17,23). The van der Waals surface area contributed by atoms with Gasteiger partial charge in [0.25, 0.3) is 5.91 Å². The number of anilines is 1. The minimum absolute atomic E-state index is 0.0882. The summed E-state index contributed by atoms with van der Waals surface area (Å²) in [7, 11) is 0. The fourth-order valence-electron chi connectivity index (χ4n) is 1.71. The van der Waals surface area contributed by atoms with E-state index >= 15 is 0 Å². The van der Waals surface area contributed by atoms with Crippen molar-refractivity contribution < 1.29 is 19.1 Å². The number of carbonyl (C=O) groups is 3. The van der Waals surface area contributed by atoms with Gasteiger partial charge in [0.2, 0.25) is 5.01 Å². The summed E-state index contributed by atoms with van der Waals surface area (Å²) in [6.07, 6.45) is 0. The summed E-state index contributed by atoms with van der Waals surface area (Å²) in [6.45, 7) is 1.80. The summed E-state index contributed by atoms with van der Waals surface area (Å²) >= 11 is 1.07. The maximum atomic E-state index is 12.1. The predicted octanol–water partition coefficient (Wildman–Crippen LogP) is 1.15. The summed E-state index contributed by atoms with van der Waals surface area (Å²) in [5, 5.41) is 15.9. The zero-order chi connectivity index (χ0) is 18.1. The van der Waals surface area contributed by atoms with Crippen molar-refractivity contribution in [3.63, 3.8) is 0 Å². The Morgan fingerprint density at radius 1 is 1.12 bits per heavy atom. The Labute approximate surface area is 147 Å². The molecule has 0 spiro atoms. The highest BCUT2D eigenvalue weighted by Gasteiger charge is 2.13. The number of aromatic nitrogens is 2. The van der Waals surface area contributed by atoms with Gasteiger partial charge in [0.15, 0.2) is 0 Å². The van der Waals surface area contributed by atoms with Crippen LogP contribution in [0, 0.1) is 0 Å². The largest absolute Gasteiger partial charge is 0.465 e. The number of ether oxygens (including phenoxy) is 1. The lowest BCUT2D eigenvalue weighted by atomic mass is 10.3. The van der Waals surface area contributed by atoms with Crippen LogP contribution in [0.15, 0.2) is 30.3 Å². The minimum atomic E-state index is -0.543. The Hall–Kier alpha value is -3.01. The van der Waals surface area contributed by atoms with Gasteiger partial charge in [-0.1, -0.05) is 29.5 Å². The summed E-state index contributed by atoms with van der Waals surface area (Å²) in [6, 6.07) is 8.43. The molecule has 0 aliphatic carbocycles. The summed E-state index contributed by atoms with van der Waals surface area (Å²) < 4.78 is 4.69. The van der Waals surface area contributed by atoms with E-state index in [1.165, 1.54) is 0 Å². The fraction of sp³-hybridized carbons (Fsp3) is 0.267. The number of carbonyl (C=O) groups excluding carboxylic acids is 3. The van der Waals surface area contributed by atoms with Crippen molar-refractivity contribution in [2.75, 3.05) is 18.5 Å². The Kier molecular flexibility index (Phi) is 6.84. The lowest BCUT2D eigenvalue weighted by Gasteiger charge is -2.05. The van der Waals surface area contributed by atoms with Gasteiger partial charge in [-0.25, -0.2) is 4.79 Å². The molecular weight excluding hydrogens is 346 g/mol. The van der Waals surface area contributed by atoms with Crippen LogP contribution in [0.1, 0.15) is 21.7 Å². The van der Waals surface area contributed by atoms with Gasteiger partial charge in [-0.05, 0) is 19.1 Å². The van der Waals surface area contributed by atoms with E-state index in [0.29, 0.717) is 10.7 Å². The molecule has 2 rings (SSSR count). The first-order valence-electron chi connectivity index (χ1n) is 7.44. The van der Waals surface area contributed by atoms with Crippen LogP contribution in [0.25, 0.3) is 0 Å². The van der Waals surface area contributed by atoms with E-state index in [0.717, 1.165) is 11.3 Å². The number of rotatable bonds is 7. The van der Waals surface area contributed by atoms with E-state index in [9.17, 15) is 14.4 Å². The maximum absolute atomic E-state index is 12.1. The van der Waals surface area contributed by atoms with Gasteiger partial charge in [0, 0.05) is 5.69 Å². The van der Waals surface area contributed by atoms with Gasteiger partial charge in [-0.2, -0.15) is 0 Å². The van der Waals surface area contributed by atoms with E-state index in [1.54, 1.807) is 31.2 Å². The molecule has 9 nitrogen and oxygen atoms in total. The van der Waals surface area contributed by atoms with Crippen molar-refractivity contribution in [2.45, 2.75) is 13.5 Å². The van der Waals surface area contributed by atoms with E-state index in [4.69, 9.17) is 0 Å². The first-order chi connectivity index (χ1) is 12.1. The monoisotopic (exact) mass is 363 g/mol. The molecule has 0 unspecified atom stereocenters. The Bertz CT molecular complexity index is 735. The predicted molar refractivity (Wildman–Crippen MR) is 91.2 cm³/mol. The van der Waals surface area contributed by atoms with Crippen molar-refractivity contribution in [1.29, 1.82) is 0 Å². The number of para-hydroxylation sites is 1. The average Bonchev–Trinajstić information content (AvgIpc) is 3.08. The molecule has 0 radical (unpaired) electrons. The van der Waals surface area contributed by atoms with E-state index in [1.807, 2.05) is 6.07 Å². The van der Waals surface area contributed by atoms with Gasteiger partial charge in [-0.15, -0.1) is 10.2 Å². The summed E-state index contributed by atoms with van der Waals surface area (Å²) in [4.78, 5) is 34.7. The third-order valence-electron chi connectivity index (χ3n) is 2.79. The Balaban J connectivity index is 1.78. The van der Waals surface area contributed by atoms with Crippen LogP contribution in [-0.4, -0.2) is 41.3 Å². The number of nitrogens with zero attached hydrogens (tertiary/aromatic N) is 2. The molecular formula is C15H17N5O4S. The molecule has 10 heteroatoms. The van der Waals surface area contributed by atoms with Crippen LogP contribution in [-0.2, 0) is 16.1 Å². The zero-order valence-electron chi connectivity index (χ0n) is 13.4. The lowest BCUT2D eigenvalue weighted by Crippen LogP contribution is -2.38. The van der Waals surface area contributed by atoms with Crippen molar-refractivity contribution in [3.05, 3.63) is 40.3 Å². The average molecular weight is 363 g/mol. The minimum Gasteiger partial charge on any atom is -0.465 e. The molecule has 0 aliphatic heterocycles. The molecule has 0 fully saturated rings. The molecule has 0 atom stereocenters. The quantitative estimate of drug-likeness (QED) is 0.634. The van der Waals surface area contributed by atoms with Crippen molar-refractivity contribution in [2.24, 2.45) is 0 Å². The molecule has 0 aliphatic rings. The van der Waals surface area contributed by atoms with E-state index < -0.39 is 12.0 Å². The van der Waals surface area contributed by atoms with Crippen LogP contribution in [0.2, 0.25) is 0 Å². The van der Waals surface area contributed by atoms with E-state index in [-0.39, 0.29) is 30.6 Å². The van der Waals surface area contributed by atoms with E-state index in [2.05, 4.69) is 30.9 Å². The molecule has 132 valence electrons. The highest BCUT2D eigenvalue weighted by Crippen LogP contribution is 2.12. The smallest absolute Gasteiger partial charge is 0.325 e. The molecule has 0 saturated carbocycles. The van der Waals surface area contributed by atoms with Crippen LogP contribution >= 0.6 is 11.3 Å². The number of esters is 1. The molecule has 25 heavy (non-hydrogen) atoms. The Morgan fingerprint density at radius 2 is 1.88 bits per heavy atom. The molecule has 1 aromatic heterocycles. The number of hydrogen-bond acceptors (Lipinski definition) is 7. The second-order valence-electron chi connectivity index (χ2n) is 4.66. The second kappa shape index (κ2) is 9.33. The number of amides is 3. The molecule has 1 heterocycles. The number of nitrogens with one attached hydrogen (secondary N) is 3. The van der Waals surface area contributed by atoms with Gasteiger partial charge < -0.3 is 20.7 Å². The summed E-state index contributed by atoms with van der Waals surface area (Å²) in [5.41, 5.74) is 0.653.